The van der Waals surface area contributed by atoms with Crippen LogP contribution < -0.4 is 5.73 Å². The first-order chi connectivity index (χ1) is 7.17. The molecule has 0 saturated carbocycles. The summed E-state index contributed by atoms with van der Waals surface area (Å²) in [6.45, 7) is 6.74. The van der Waals surface area contributed by atoms with Crippen molar-refractivity contribution < 1.29 is 0 Å². The van der Waals surface area contributed by atoms with Gasteiger partial charge in [-0.15, -0.1) is 5.10 Å². The van der Waals surface area contributed by atoms with Gasteiger partial charge in [0.05, 0.1) is 12.2 Å². The molecular weight excluding hydrogens is 190 g/mol. The van der Waals surface area contributed by atoms with Crippen LogP contribution in [0.15, 0.2) is 6.20 Å². The van der Waals surface area contributed by atoms with Crippen LogP contribution in [0.2, 0.25) is 0 Å². The lowest BCUT2D eigenvalue weighted by atomic mass is 10.2. The smallest absolute Gasteiger partial charge is 0.0962 e. The average Bonchev–Trinajstić information content (AvgIpc) is 2.72. The molecule has 1 aromatic rings. The summed E-state index contributed by atoms with van der Waals surface area (Å²) in [4.78, 5) is 2.32. The van der Waals surface area contributed by atoms with Crippen LogP contribution in [0.25, 0.3) is 0 Å². The summed E-state index contributed by atoms with van der Waals surface area (Å²) in [6.07, 6.45) is 3.08. The number of hydrogen-bond acceptors (Lipinski definition) is 4. The van der Waals surface area contributed by atoms with Crippen molar-refractivity contribution in [2.45, 2.75) is 39.4 Å². The number of likely N-dealkylation sites (N-methyl/N-ethyl adjacent to an activating group) is 1. The Morgan fingerprint density at radius 1 is 1.60 bits per heavy atom. The van der Waals surface area contributed by atoms with Gasteiger partial charge in [-0.3, -0.25) is 4.68 Å². The van der Waals surface area contributed by atoms with E-state index in [9.17, 15) is 0 Å². The molecule has 0 aliphatic rings. The molecule has 15 heavy (non-hydrogen) atoms. The molecule has 2 N–H and O–H groups in total. The zero-order valence-corrected chi connectivity index (χ0v) is 9.85. The Morgan fingerprint density at radius 2 is 2.33 bits per heavy atom. The Bertz CT molecular complexity index is 283. The van der Waals surface area contributed by atoms with Crippen LogP contribution in [0.4, 0.5) is 0 Å². The maximum Gasteiger partial charge on any atom is 0.0962 e. The van der Waals surface area contributed by atoms with E-state index in [0.29, 0.717) is 12.6 Å². The zero-order chi connectivity index (χ0) is 11.3. The molecule has 1 atom stereocenters. The van der Waals surface area contributed by atoms with Gasteiger partial charge in [0.2, 0.25) is 0 Å². The third-order valence-electron chi connectivity index (χ3n) is 2.82. The van der Waals surface area contributed by atoms with Crippen LogP contribution in [0.1, 0.15) is 26.0 Å². The lowest BCUT2D eigenvalue weighted by molar-refractivity contribution is 0.238. The molecule has 0 aliphatic carbocycles. The highest BCUT2D eigenvalue weighted by molar-refractivity contribution is 4.90. The fraction of sp³-hybridized carbons (Fsp3) is 0.800. The lowest BCUT2D eigenvalue weighted by Gasteiger charge is -2.22. The van der Waals surface area contributed by atoms with E-state index in [2.05, 4.69) is 36.1 Å². The van der Waals surface area contributed by atoms with Crippen molar-refractivity contribution in [2.75, 3.05) is 13.6 Å². The first-order valence-electron chi connectivity index (χ1n) is 5.46. The van der Waals surface area contributed by atoms with Crippen molar-refractivity contribution in [1.82, 2.24) is 19.9 Å². The molecule has 0 aliphatic heterocycles. The quantitative estimate of drug-likeness (QED) is 0.743. The van der Waals surface area contributed by atoms with E-state index in [-0.39, 0.29) is 0 Å². The topological polar surface area (TPSA) is 60.0 Å². The van der Waals surface area contributed by atoms with Gasteiger partial charge in [0.25, 0.3) is 0 Å². The molecule has 0 fully saturated rings. The minimum Gasteiger partial charge on any atom is -0.325 e. The second-order valence-corrected chi connectivity index (χ2v) is 3.91. The maximum absolute atomic E-state index is 5.46. The van der Waals surface area contributed by atoms with Gasteiger partial charge in [0.1, 0.15) is 0 Å². The summed E-state index contributed by atoms with van der Waals surface area (Å²) in [5.74, 6) is 0. The van der Waals surface area contributed by atoms with Gasteiger partial charge in [-0.25, -0.2) is 0 Å². The molecule has 0 radical (unpaired) electrons. The van der Waals surface area contributed by atoms with E-state index >= 15 is 0 Å². The molecule has 1 unspecified atom stereocenters. The second kappa shape index (κ2) is 5.82. The van der Waals surface area contributed by atoms with E-state index in [4.69, 9.17) is 5.73 Å². The van der Waals surface area contributed by atoms with Crippen LogP contribution in [-0.4, -0.2) is 39.5 Å². The van der Waals surface area contributed by atoms with E-state index in [0.717, 1.165) is 18.8 Å². The maximum atomic E-state index is 5.46. The molecule has 86 valence electrons. The summed E-state index contributed by atoms with van der Waals surface area (Å²) >= 11 is 0. The van der Waals surface area contributed by atoms with E-state index in [1.165, 1.54) is 6.42 Å². The van der Waals surface area contributed by atoms with Gasteiger partial charge in [0, 0.05) is 25.3 Å². The normalized spacial score (nSPS) is 13.4. The van der Waals surface area contributed by atoms with Crippen molar-refractivity contribution in [2.24, 2.45) is 5.73 Å². The number of rotatable bonds is 6. The first-order valence-corrected chi connectivity index (χ1v) is 5.46. The molecular formula is C10H21N5. The Labute approximate surface area is 91.2 Å². The van der Waals surface area contributed by atoms with Gasteiger partial charge in [-0.05, 0) is 20.4 Å². The van der Waals surface area contributed by atoms with Crippen molar-refractivity contribution in [3.8, 4) is 0 Å². The summed E-state index contributed by atoms with van der Waals surface area (Å²) < 4.78 is 1.85. The first kappa shape index (κ1) is 12.1. The number of hydrogen-bond donors (Lipinski definition) is 1. The highest BCUT2D eigenvalue weighted by Gasteiger charge is 2.06. The van der Waals surface area contributed by atoms with Crippen LogP contribution in [0.5, 0.6) is 0 Å². The molecule has 5 nitrogen and oxygen atoms in total. The summed E-state index contributed by atoms with van der Waals surface area (Å²) in [5.41, 5.74) is 6.31. The van der Waals surface area contributed by atoms with Gasteiger partial charge in [-0.2, -0.15) is 0 Å². The largest absolute Gasteiger partial charge is 0.325 e. The lowest BCUT2D eigenvalue weighted by Crippen LogP contribution is -2.31. The number of aromatic nitrogens is 3. The Kier molecular flexibility index (Phi) is 4.71. The molecule has 0 saturated heterocycles. The van der Waals surface area contributed by atoms with Crippen molar-refractivity contribution in [3.63, 3.8) is 0 Å². The summed E-state index contributed by atoms with van der Waals surface area (Å²) in [5, 5.41) is 7.95. The monoisotopic (exact) mass is 211 g/mol. The molecule has 0 amide bonds. The molecule has 5 heteroatoms. The van der Waals surface area contributed by atoms with Crippen LogP contribution in [-0.2, 0) is 13.1 Å². The highest BCUT2D eigenvalue weighted by atomic mass is 15.4. The fourth-order valence-corrected chi connectivity index (χ4v) is 1.33. The van der Waals surface area contributed by atoms with Gasteiger partial charge in [0.15, 0.2) is 0 Å². The third kappa shape index (κ3) is 3.60. The SMILES string of the molecule is CCC(C)N(C)CCn1cc(CN)nn1. The Balaban J connectivity index is 2.36. The highest BCUT2D eigenvalue weighted by Crippen LogP contribution is 2.00. The molecule has 1 heterocycles. The molecule has 0 aromatic carbocycles. The second-order valence-electron chi connectivity index (χ2n) is 3.91. The van der Waals surface area contributed by atoms with Crippen molar-refractivity contribution in [3.05, 3.63) is 11.9 Å². The predicted molar refractivity (Wildman–Crippen MR) is 60.3 cm³/mol. The van der Waals surface area contributed by atoms with Crippen LogP contribution >= 0.6 is 0 Å². The molecule has 1 aromatic heterocycles. The molecule has 0 bridgehead atoms. The Hall–Kier alpha value is -0.940. The van der Waals surface area contributed by atoms with Crippen molar-refractivity contribution in [1.29, 1.82) is 0 Å². The van der Waals surface area contributed by atoms with E-state index < -0.39 is 0 Å². The number of nitrogens with zero attached hydrogens (tertiary/aromatic N) is 4. The van der Waals surface area contributed by atoms with E-state index in [1.54, 1.807) is 0 Å². The van der Waals surface area contributed by atoms with Gasteiger partial charge < -0.3 is 10.6 Å². The van der Waals surface area contributed by atoms with Crippen molar-refractivity contribution >= 4 is 0 Å². The minimum absolute atomic E-state index is 0.460. The molecule has 0 spiro atoms. The summed E-state index contributed by atoms with van der Waals surface area (Å²) in [6, 6.07) is 0.613. The van der Waals surface area contributed by atoms with Gasteiger partial charge >= 0.3 is 0 Å². The summed E-state index contributed by atoms with van der Waals surface area (Å²) in [7, 11) is 2.13. The van der Waals surface area contributed by atoms with Gasteiger partial charge in [-0.1, -0.05) is 12.1 Å². The third-order valence-corrected chi connectivity index (χ3v) is 2.82. The molecule has 1 rings (SSSR count). The van der Waals surface area contributed by atoms with Crippen LogP contribution in [0.3, 0.4) is 0 Å². The zero-order valence-electron chi connectivity index (χ0n) is 9.85. The number of nitrogens with two attached hydrogens (primary N) is 1. The van der Waals surface area contributed by atoms with Crippen LogP contribution in [0, 0.1) is 0 Å². The van der Waals surface area contributed by atoms with E-state index in [1.807, 2.05) is 10.9 Å². The minimum atomic E-state index is 0.460. The standard InChI is InChI=1S/C10H21N5/c1-4-9(2)14(3)5-6-15-8-10(7-11)12-13-15/h8-9H,4-7,11H2,1-3H3. The Morgan fingerprint density at radius 3 is 2.87 bits per heavy atom. The fourth-order valence-electron chi connectivity index (χ4n) is 1.33. The predicted octanol–water partition coefficient (Wildman–Crippen LogP) is 0.467. The average molecular weight is 211 g/mol.